The number of alkyl halides is 3. The summed E-state index contributed by atoms with van der Waals surface area (Å²) in [6.45, 7) is 3.61. The quantitative estimate of drug-likeness (QED) is 0.252. The van der Waals surface area contributed by atoms with Crippen molar-refractivity contribution in [3.05, 3.63) is 100.0 Å². The van der Waals surface area contributed by atoms with Crippen molar-refractivity contribution >= 4 is 11.4 Å². The number of imidazole rings is 1. The van der Waals surface area contributed by atoms with E-state index in [1.165, 1.54) is 6.07 Å². The molecule has 0 unspecified atom stereocenters. The van der Waals surface area contributed by atoms with Crippen LogP contribution in [0, 0.1) is 18.8 Å². The molecule has 0 amide bonds. The number of hydrogen-bond donors (Lipinski definition) is 0. The van der Waals surface area contributed by atoms with Gasteiger partial charge in [-0.25, -0.2) is 9.50 Å². The number of likely N-dealkylation sites (tertiary alicyclic amines) is 1. The molecule has 1 saturated heterocycles. The molecule has 4 aromatic rings. The van der Waals surface area contributed by atoms with E-state index in [1.807, 2.05) is 27.1 Å². The minimum Gasteiger partial charge on any atom is -0.305 e. The molecule has 0 bridgehead atoms. The lowest BCUT2D eigenvalue weighted by Gasteiger charge is -2.22. The lowest BCUT2D eigenvalue weighted by Crippen LogP contribution is -2.31. The topological polar surface area (TPSA) is 53.7 Å². The summed E-state index contributed by atoms with van der Waals surface area (Å²) >= 11 is 0. The largest absolute Gasteiger partial charge is 0.416 e. The van der Waals surface area contributed by atoms with E-state index in [0.29, 0.717) is 34.1 Å². The molecular weight excluding hydrogens is 515 g/mol. The lowest BCUT2D eigenvalue weighted by molar-refractivity contribution is -0.138. The van der Waals surface area contributed by atoms with Gasteiger partial charge < -0.3 is 4.90 Å². The fourth-order valence-corrected chi connectivity index (χ4v) is 5.02. The maximum Gasteiger partial charge on any atom is 0.416 e. The fraction of sp³-hybridized carbons (Fsp3) is 0.323. The number of ketones is 1. The van der Waals surface area contributed by atoms with Crippen LogP contribution in [0.2, 0.25) is 0 Å². The monoisotopic (exact) mass is 545 g/mol. The normalized spacial score (nSPS) is 15.9. The highest BCUT2D eigenvalue weighted by atomic mass is 19.4. The van der Waals surface area contributed by atoms with Crippen LogP contribution in [-0.2, 0) is 19.1 Å². The van der Waals surface area contributed by atoms with Crippen molar-refractivity contribution in [2.75, 3.05) is 27.2 Å². The smallest absolute Gasteiger partial charge is 0.305 e. The molecule has 1 atom stereocenters. The molecule has 0 saturated carbocycles. The van der Waals surface area contributed by atoms with Gasteiger partial charge in [0.2, 0.25) is 0 Å². The number of hydrogen-bond acceptors (Lipinski definition) is 5. The number of aryl methyl sites for hydroxylation is 1. The zero-order valence-corrected chi connectivity index (χ0v) is 22.7. The van der Waals surface area contributed by atoms with Crippen LogP contribution in [0.1, 0.15) is 50.3 Å². The summed E-state index contributed by atoms with van der Waals surface area (Å²) in [7, 11) is 3.98. The summed E-state index contributed by atoms with van der Waals surface area (Å²) in [4.78, 5) is 21.6. The molecule has 0 spiro atoms. The average molecular weight is 546 g/mol. The van der Waals surface area contributed by atoms with Gasteiger partial charge in [0, 0.05) is 49.4 Å². The molecule has 1 aliphatic rings. The third-order valence-electron chi connectivity index (χ3n) is 7.38. The van der Waals surface area contributed by atoms with E-state index in [4.69, 9.17) is 0 Å². The van der Waals surface area contributed by atoms with Crippen molar-refractivity contribution in [3.8, 4) is 11.8 Å². The maximum absolute atomic E-state index is 14.0. The number of rotatable bonds is 6. The Morgan fingerprint density at radius 1 is 1.12 bits per heavy atom. The lowest BCUT2D eigenvalue weighted by atomic mass is 9.96. The summed E-state index contributed by atoms with van der Waals surface area (Å²) in [6, 6.07) is 13.4. The van der Waals surface area contributed by atoms with Crippen LogP contribution in [-0.4, -0.2) is 63.4 Å². The Labute approximate surface area is 231 Å². The SMILES string of the molecule is Cc1ccc(C(=O)Cc2ccc(CN3CC[C@@H](N(C)C)C3)c(C(F)(F)F)c2)cc1C#Cc1cnc2cccnn12. The molecule has 6 nitrogen and oxygen atoms in total. The van der Waals surface area contributed by atoms with Gasteiger partial charge in [-0.3, -0.25) is 9.69 Å². The van der Waals surface area contributed by atoms with Gasteiger partial charge >= 0.3 is 6.18 Å². The molecule has 0 aliphatic carbocycles. The zero-order chi connectivity index (χ0) is 28.4. The van der Waals surface area contributed by atoms with Crippen molar-refractivity contribution in [2.45, 2.75) is 38.5 Å². The third kappa shape index (κ3) is 6.09. The molecular formula is C31H30F3N5O. The Bertz CT molecular complexity index is 1610. The first-order chi connectivity index (χ1) is 19.1. The Kier molecular flexibility index (Phi) is 7.74. The molecule has 1 aliphatic heterocycles. The number of Topliss-reactive ketones (excluding diaryl/α,β-unsaturated/α-hetero) is 1. The van der Waals surface area contributed by atoms with Gasteiger partial charge in [0.1, 0.15) is 5.69 Å². The van der Waals surface area contributed by atoms with Crippen molar-refractivity contribution in [1.82, 2.24) is 24.4 Å². The number of carbonyl (C=O) groups excluding carboxylic acids is 1. The number of carbonyl (C=O) groups is 1. The number of benzene rings is 2. The van der Waals surface area contributed by atoms with Crippen LogP contribution in [0.15, 0.2) is 60.9 Å². The van der Waals surface area contributed by atoms with Crippen LogP contribution in [0.4, 0.5) is 13.2 Å². The Hall–Kier alpha value is -4.00. The first-order valence-corrected chi connectivity index (χ1v) is 13.1. The van der Waals surface area contributed by atoms with Crippen LogP contribution in [0.3, 0.4) is 0 Å². The van der Waals surface area contributed by atoms with Crippen LogP contribution < -0.4 is 0 Å². The fourth-order valence-electron chi connectivity index (χ4n) is 5.02. The zero-order valence-electron chi connectivity index (χ0n) is 22.7. The summed E-state index contributed by atoms with van der Waals surface area (Å²) in [5, 5.41) is 4.25. The second-order valence-corrected chi connectivity index (χ2v) is 10.4. The van der Waals surface area contributed by atoms with E-state index < -0.39 is 11.7 Å². The van der Waals surface area contributed by atoms with Crippen LogP contribution in [0.25, 0.3) is 5.65 Å². The van der Waals surface area contributed by atoms with Gasteiger partial charge in [0.15, 0.2) is 11.4 Å². The first kappa shape index (κ1) is 27.6. The summed E-state index contributed by atoms with van der Waals surface area (Å²) in [5.41, 5.74) is 3.11. The van der Waals surface area contributed by atoms with E-state index in [2.05, 4.69) is 31.7 Å². The van der Waals surface area contributed by atoms with Gasteiger partial charge in [-0.1, -0.05) is 30.2 Å². The second kappa shape index (κ2) is 11.2. The van der Waals surface area contributed by atoms with Gasteiger partial charge in [-0.05, 0) is 74.3 Å². The Balaban J connectivity index is 1.34. The highest BCUT2D eigenvalue weighted by molar-refractivity contribution is 5.98. The third-order valence-corrected chi connectivity index (χ3v) is 7.38. The Morgan fingerprint density at radius 3 is 2.70 bits per heavy atom. The van der Waals surface area contributed by atoms with Crippen LogP contribution in [0.5, 0.6) is 0 Å². The van der Waals surface area contributed by atoms with E-state index >= 15 is 0 Å². The minimum atomic E-state index is -4.51. The number of halogens is 3. The first-order valence-electron chi connectivity index (χ1n) is 13.1. The van der Waals surface area contributed by atoms with Gasteiger partial charge in [-0.15, -0.1) is 0 Å². The number of likely N-dealkylation sites (N-methyl/N-ethyl adjacent to an activating group) is 1. The number of fused-ring (bicyclic) bond motifs is 1. The molecule has 2 aromatic heterocycles. The molecule has 0 radical (unpaired) electrons. The molecule has 206 valence electrons. The maximum atomic E-state index is 14.0. The Morgan fingerprint density at radius 2 is 1.95 bits per heavy atom. The molecule has 2 aromatic carbocycles. The molecule has 9 heteroatoms. The molecule has 5 rings (SSSR count). The van der Waals surface area contributed by atoms with Gasteiger partial charge in [0.25, 0.3) is 0 Å². The standard InChI is InChI=1S/C31H30F3N5O/c1-21-6-8-24(17-23(21)10-11-26-18-35-30-5-4-13-36-39(26)30)29(40)16-22-7-9-25(28(15-22)31(32,33)34)19-38-14-12-27(20-38)37(2)3/h4-9,13,15,17-18,27H,12,14,16,19-20H2,1-3H3/t27-/m1/s1. The molecule has 1 fully saturated rings. The van der Waals surface area contributed by atoms with E-state index in [9.17, 15) is 18.0 Å². The average Bonchev–Trinajstić information content (AvgIpc) is 3.56. The van der Waals surface area contributed by atoms with Gasteiger partial charge in [-0.2, -0.15) is 18.3 Å². The van der Waals surface area contributed by atoms with Crippen molar-refractivity contribution in [2.24, 2.45) is 0 Å². The summed E-state index contributed by atoms with van der Waals surface area (Å²) in [5.74, 6) is 5.87. The predicted octanol–water partition coefficient (Wildman–Crippen LogP) is 5.02. The molecule has 0 N–H and O–H groups in total. The van der Waals surface area contributed by atoms with Crippen molar-refractivity contribution in [1.29, 1.82) is 0 Å². The molecule has 40 heavy (non-hydrogen) atoms. The van der Waals surface area contributed by atoms with Crippen molar-refractivity contribution < 1.29 is 18.0 Å². The predicted molar refractivity (Wildman–Crippen MR) is 147 cm³/mol. The number of nitrogens with zero attached hydrogens (tertiary/aromatic N) is 5. The van der Waals surface area contributed by atoms with Crippen molar-refractivity contribution in [3.63, 3.8) is 0 Å². The molecule has 3 heterocycles. The summed E-state index contributed by atoms with van der Waals surface area (Å²) in [6.07, 6.45) is -0.434. The second-order valence-electron chi connectivity index (χ2n) is 10.4. The van der Waals surface area contributed by atoms with Gasteiger partial charge in [0.05, 0.1) is 11.8 Å². The van der Waals surface area contributed by atoms with Crippen LogP contribution >= 0.6 is 0 Å². The minimum absolute atomic E-state index is 0.136. The summed E-state index contributed by atoms with van der Waals surface area (Å²) < 4.78 is 43.7. The van der Waals surface area contributed by atoms with E-state index in [1.54, 1.807) is 47.2 Å². The highest BCUT2D eigenvalue weighted by Gasteiger charge is 2.35. The van der Waals surface area contributed by atoms with E-state index in [-0.39, 0.29) is 24.3 Å². The number of aromatic nitrogens is 3. The van der Waals surface area contributed by atoms with E-state index in [0.717, 1.165) is 31.1 Å². The highest BCUT2D eigenvalue weighted by Crippen LogP contribution is 2.34.